The predicted octanol–water partition coefficient (Wildman–Crippen LogP) is 4.08. The van der Waals surface area contributed by atoms with Gasteiger partial charge in [0.05, 0.1) is 17.1 Å². The minimum Gasteiger partial charge on any atom is -0.322 e. The summed E-state index contributed by atoms with van der Waals surface area (Å²) in [7, 11) is 0. The Labute approximate surface area is 152 Å². The number of hydrogen-bond donors (Lipinski definition) is 1. The second-order valence-electron chi connectivity index (χ2n) is 5.60. The Morgan fingerprint density at radius 2 is 1.88 bits per heavy atom. The first-order chi connectivity index (χ1) is 12.4. The molecule has 3 rings (SSSR count). The number of benzene rings is 2. The number of rotatable bonds is 4. The van der Waals surface area contributed by atoms with Crippen LogP contribution < -0.4 is 10.9 Å². The first kappa shape index (κ1) is 17.8. The molecule has 0 spiro atoms. The lowest BCUT2D eigenvalue weighted by Gasteiger charge is -2.10. The van der Waals surface area contributed by atoms with Crippen LogP contribution in [0.25, 0.3) is 0 Å². The third-order valence-corrected chi connectivity index (χ3v) is 3.95. The fraction of sp³-hybridized carbons (Fsp3) is 0.0526. The number of pyridine rings is 1. The highest BCUT2D eigenvalue weighted by molar-refractivity contribution is 6.31. The number of nitrogens with one attached hydrogen (secondary N) is 1. The van der Waals surface area contributed by atoms with E-state index in [9.17, 15) is 18.4 Å². The molecule has 26 heavy (non-hydrogen) atoms. The zero-order chi connectivity index (χ0) is 18.7. The number of hydrogen-bond acceptors (Lipinski definition) is 2. The van der Waals surface area contributed by atoms with Crippen molar-refractivity contribution in [3.8, 4) is 0 Å². The summed E-state index contributed by atoms with van der Waals surface area (Å²) in [6.45, 7) is 0.125. The molecule has 0 aliphatic rings. The molecule has 0 saturated carbocycles. The fourth-order valence-corrected chi connectivity index (χ4v) is 2.58. The van der Waals surface area contributed by atoms with E-state index in [4.69, 9.17) is 11.6 Å². The zero-order valence-corrected chi connectivity index (χ0v) is 14.1. The average molecular weight is 375 g/mol. The standard InChI is InChI=1S/C19H13ClF2N2O2/c20-16-9-15(5-6-17(16)22)23-19(26)13-4-7-18(25)24(11-13)10-12-2-1-3-14(21)8-12/h1-9,11H,10H2,(H,23,26). The molecule has 0 unspecified atom stereocenters. The zero-order valence-electron chi connectivity index (χ0n) is 13.4. The Morgan fingerprint density at radius 1 is 1.08 bits per heavy atom. The molecular formula is C19H13ClF2N2O2. The van der Waals surface area contributed by atoms with Crippen molar-refractivity contribution in [2.24, 2.45) is 0 Å². The van der Waals surface area contributed by atoms with E-state index in [0.717, 1.165) is 6.07 Å². The molecule has 0 bridgehead atoms. The van der Waals surface area contributed by atoms with E-state index in [-0.39, 0.29) is 22.7 Å². The molecule has 2 aromatic carbocycles. The lowest BCUT2D eigenvalue weighted by atomic mass is 10.2. The smallest absolute Gasteiger partial charge is 0.257 e. The molecule has 7 heteroatoms. The van der Waals surface area contributed by atoms with Gasteiger partial charge in [0.25, 0.3) is 11.5 Å². The van der Waals surface area contributed by atoms with Crippen LogP contribution in [0.2, 0.25) is 5.02 Å². The van der Waals surface area contributed by atoms with Crippen molar-refractivity contribution in [2.45, 2.75) is 6.54 Å². The van der Waals surface area contributed by atoms with Crippen LogP contribution in [0.4, 0.5) is 14.5 Å². The third-order valence-electron chi connectivity index (χ3n) is 3.67. The Morgan fingerprint density at radius 3 is 2.62 bits per heavy atom. The van der Waals surface area contributed by atoms with E-state index in [1.807, 2.05) is 0 Å². The molecule has 1 amide bonds. The van der Waals surface area contributed by atoms with Crippen LogP contribution in [0.3, 0.4) is 0 Å². The molecular weight excluding hydrogens is 362 g/mol. The quantitative estimate of drug-likeness (QED) is 0.748. The number of amides is 1. The summed E-state index contributed by atoms with van der Waals surface area (Å²) < 4.78 is 27.8. The Bertz CT molecular complexity index is 1030. The van der Waals surface area contributed by atoms with Crippen LogP contribution >= 0.6 is 11.6 Å². The van der Waals surface area contributed by atoms with Gasteiger partial charge in [-0.05, 0) is 42.0 Å². The highest BCUT2D eigenvalue weighted by Gasteiger charge is 2.10. The number of nitrogens with zero attached hydrogens (tertiary/aromatic N) is 1. The van der Waals surface area contributed by atoms with E-state index in [2.05, 4.69) is 5.32 Å². The number of anilines is 1. The molecule has 4 nitrogen and oxygen atoms in total. The highest BCUT2D eigenvalue weighted by atomic mass is 35.5. The molecule has 132 valence electrons. The number of carbonyl (C=O) groups is 1. The molecule has 0 radical (unpaired) electrons. The maximum absolute atomic E-state index is 13.3. The van der Waals surface area contributed by atoms with E-state index < -0.39 is 17.5 Å². The van der Waals surface area contributed by atoms with Gasteiger partial charge in [-0.25, -0.2) is 8.78 Å². The van der Waals surface area contributed by atoms with Crippen molar-refractivity contribution in [3.63, 3.8) is 0 Å². The van der Waals surface area contributed by atoms with Gasteiger partial charge < -0.3 is 9.88 Å². The van der Waals surface area contributed by atoms with Gasteiger partial charge in [0, 0.05) is 18.0 Å². The van der Waals surface area contributed by atoms with Gasteiger partial charge in [-0.2, -0.15) is 0 Å². The summed E-state index contributed by atoms with van der Waals surface area (Å²) in [6, 6.07) is 12.3. The largest absolute Gasteiger partial charge is 0.322 e. The lowest BCUT2D eigenvalue weighted by Crippen LogP contribution is -2.22. The molecule has 1 heterocycles. The maximum Gasteiger partial charge on any atom is 0.257 e. The van der Waals surface area contributed by atoms with Crippen molar-refractivity contribution in [2.75, 3.05) is 5.32 Å². The minimum absolute atomic E-state index is 0.112. The first-order valence-electron chi connectivity index (χ1n) is 7.64. The number of carbonyl (C=O) groups excluding carboxylic acids is 1. The average Bonchev–Trinajstić information content (AvgIpc) is 2.60. The van der Waals surface area contributed by atoms with Gasteiger partial charge in [-0.1, -0.05) is 23.7 Å². The molecule has 0 atom stereocenters. The van der Waals surface area contributed by atoms with Crippen LogP contribution in [-0.4, -0.2) is 10.5 Å². The summed E-state index contributed by atoms with van der Waals surface area (Å²) in [5, 5.41) is 2.47. The first-order valence-corrected chi connectivity index (χ1v) is 8.01. The van der Waals surface area contributed by atoms with Crippen molar-refractivity contribution < 1.29 is 13.6 Å². The minimum atomic E-state index is -0.590. The normalized spacial score (nSPS) is 10.6. The maximum atomic E-state index is 13.3. The Balaban J connectivity index is 1.83. The van der Waals surface area contributed by atoms with Crippen molar-refractivity contribution in [1.29, 1.82) is 0 Å². The van der Waals surface area contributed by atoms with E-state index >= 15 is 0 Å². The van der Waals surface area contributed by atoms with Crippen LogP contribution in [0, 0.1) is 11.6 Å². The van der Waals surface area contributed by atoms with Gasteiger partial charge >= 0.3 is 0 Å². The van der Waals surface area contributed by atoms with Crippen molar-refractivity contribution >= 4 is 23.2 Å². The summed E-state index contributed by atoms with van der Waals surface area (Å²) in [5.74, 6) is -1.48. The van der Waals surface area contributed by atoms with Crippen LogP contribution in [0.15, 0.2) is 65.6 Å². The second-order valence-corrected chi connectivity index (χ2v) is 6.00. The lowest BCUT2D eigenvalue weighted by molar-refractivity contribution is 0.102. The van der Waals surface area contributed by atoms with Gasteiger partial charge in [-0.3, -0.25) is 9.59 Å². The molecule has 0 fully saturated rings. The van der Waals surface area contributed by atoms with Gasteiger partial charge in [0.15, 0.2) is 0 Å². The van der Waals surface area contributed by atoms with Crippen LogP contribution in [-0.2, 0) is 6.54 Å². The third kappa shape index (κ3) is 4.15. The molecule has 1 N–H and O–H groups in total. The topological polar surface area (TPSA) is 51.1 Å². The Hall–Kier alpha value is -2.99. The summed E-state index contributed by atoms with van der Waals surface area (Å²) in [6.07, 6.45) is 1.38. The highest BCUT2D eigenvalue weighted by Crippen LogP contribution is 2.19. The number of aromatic nitrogens is 1. The van der Waals surface area contributed by atoms with Crippen LogP contribution in [0.1, 0.15) is 15.9 Å². The summed E-state index contributed by atoms with van der Waals surface area (Å²) >= 11 is 5.69. The fourth-order valence-electron chi connectivity index (χ4n) is 2.40. The van der Waals surface area contributed by atoms with E-state index in [1.165, 1.54) is 47.2 Å². The summed E-state index contributed by atoms with van der Waals surface area (Å²) in [4.78, 5) is 24.4. The van der Waals surface area contributed by atoms with Gasteiger partial charge in [-0.15, -0.1) is 0 Å². The van der Waals surface area contributed by atoms with E-state index in [1.54, 1.807) is 12.1 Å². The van der Waals surface area contributed by atoms with Gasteiger partial charge in [0.2, 0.25) is 0 Å². The predicted molar refractivity (Wildman–Crippen MR) is 95.6 cm³/mol. The molecule has 0 aliphatic heterocycles. The molecule has 3 aromatic rings. The monoisotopic (exact) mass is 374 g/mol. The van der Waals surface area contributed by atoms with Crippen molar-refractivity contribution in [1.82, 2.24) is 4.57 Å². The van der Waals surface area contributed by atoms with E-state index in [0.29, 0.717) is 11.3 Å². The number of halogens is 3. The summed E-state index contributed by atoms with van der Waals surface area (Å²) in [5.41, 5.74) is 0.816. The van der Waals surface area contributed by atoms with Crippen molar-refractivity contribution in [3.05, 3.63) is 98.9 Å². The molecule has 0 aliphatic carbocycles. The second kappa shape index (κ2) is 7.49. The molecule has 1 aromatic heterocycles. The Kier molecular flexibility index (Phi) is 5.14. The van der Waals surface area contributed by atoms with Gasteiger partial charge in [0.1, 0.15) is 11.6 Å². The molecule has 0 saturated heterocycles. The van der Waals surface area contributed by atoms with Crippen LogP contribution in [0.5, 0.6) is 0 Å². The SMILES string of the molecule is O=C(Nc1ccc(F)c(Cl)c1)c1ccc(=O)n(Cc2cccc(F)c2)c1.